The molecule has 4 nitrogen and oxygen atoms in total. The van der Waals surface area contributed by atoms with E-state index >= 15 is 0 Å². The minimum absolute atomic E-state index is 0.723. The fraction of sp³-hybridized carbons (Fsp3) is 0.100. The molecular weight excluding hydrogens is 296 g/mol. The monoisotopic (exact) mass is 314 g/mol. The predicted octanol–water partition coefficient (Wildman–Crippen LogP) is 4.15. The van der Waals surface area contributed by atoms with Crippen LogP contribution in [0.25, 0.3) is 22.6 Å². The molecule has 0 aliphatic heterocycles. The molecule has 0 spiro atoms. The van der Waals surface area contributed by atoms with E-state index in [9.17, 15) is 0 Å². The largest absolute Gasteiger partial charge is 0.319 e. The Hall–Kier alpha value is -3.14. The maximum absolute atomic E-state index is 4.70. The SMILES string of the molecule is Cc1ccc(CNn2c(-c3ccccc3)nc3ncccc32)cc1. The van der Waals surface area contributed by atoms with Crippen molar-refractivity contribution in [3.05, 3.63) is 84.1 Å². The molecule has 4 rings (SSSR count). The Morgan fingerprint density at radius 3 is 2.50 bits per heavy atom. The van der Waals surface area contributed by atoms with Gasteiger partial charge in [-0.05, 0) is 24.6 Å². The van der Waals surface area contributed by atoms with Crippen LogP contribution in [0.2, 0.25) is 0 Å². The van der Waals surface area contributed by atoms with Gasteiger partial charge in [-0.3, -0.25) is 0 Å². The summed E-state index contributed by atoms with van der Waals surface area (Å²) in [6.45, 7) is 2.82. The van der Waals surface area contributed by atoms with Gasteiger partial charge in [0.05, 0.1) is 6.54 Å². The minimum atomic E-state index is 0.723. The molecule has 0 bridgehead atoms. The maximum Gasteiger partial charge on any atom is 0.180 e. The van der Waals surface area contributed by atoms with Crippen molar-refractivity contribution in [2.75, 3.05) is 5.43 Å². The average Bonchev–Trinajstić information content (AvgIpc) is 3.01. The summed E-state index contributed by atoms with van der Waals surface area (Å²) >= 11 is 0. The number of nitrogens with zero attached hydrogens (tertiary/aromatic N) is 3. The van der Waals surface area contributed by atoms with Crippen molar-refractivity contribution in [3.63, 3.8) is 0 Å². The highest BCUT2D eigenvalue weighted by Crippen LogP contribution is 2.22. The summed E-state index contributed by atoms with van der Waals surface area (Å²) in [6, 6.07) is 22.7. The van der Waals surface area contributed by atoms with E-state index in [1.165, 1.54) is 11.1 Å². The number of nitrogens with one attached hydrogen (secondary N) is 1. The lowest BCUT2D eigenvalue weighted by Crippen LogP contribution is -2.15. The van der Waals surface area contributed by atoms with Gasteiger partial charge in [-0.1, -0.05) is 60.2 Å². The molecule has 0 saturated carbocycles. The van der Waals surface area contributed by atoms with Crippen LogP contribution in [-0.4, -0.2) is 14.6 Å². The fourth-order valence-electron chi connectivity index (χ4n) is 2.73. The lowest BCUT2D eigenvalue weighted by molar-refractivity contribution is 0.870. The Bertz CT molecular complexity index is 956. The molecule has 2 aromatic heterocycles. The van der Waals surface area contributed by atoms with Crippen LogP contribution < -0.4 is 5.43 Å². The van der Waals surface area contributed by atoms with Gasteiger partial charge in [-0.15, -0.1) is 0 Å². The van der Waals surface area contributed by atoms with E-state index in [-0.39, 0.29) is 0 Å². The van der Waals surface area contributed by atoms with Crippen molar-refractivity contribution in [2.45, 2.75) is 13.5 Å². The Kier molecular flexibility index (Phi) is 3.71. The topological polar surface area (TPSA) is 42.7 Å². The third-order valence-corrected chi connectivity index (χ3v) is 4.02. The highest BCUT2D eigenvalue weighted by atomic mass is 15.4. The summed E-state index contributed by atoms with van der Waals surface area (Å²) in [7, 11) is 0. The van der Waals surface area contributed by atoms with E-state index in [0.29, 0.717) is 0 Å². The standard InChI is InChI=1S/C20H18N4/c1-15-9-11-16(12-10-15)14-22-24-18-8-5-13-21-19(18)23-20(24)17-6-3-2-4-7-17/h2-13,22H,14H2,1H3. The van der Waals surface area contributed by atoms with Gasteiger partial charge >= 0.3 is 0 Å². The number of hydrogen-bond donors (Lipinski definition) is 1. The first-order chi connectivity index (χ1) is 11.8. The van der Waals surface area contributed by atoms with Crippen molar-refractivity contribution < 1.29 is 0 Å². The van der Waals surface area contributed by atoms with E-state index in [2.05, 4.69) is 53.7 Å². The molecular formula is C20H18N4. The third-order valence-electron chi connectivity index (χ3n) is 4.02. The van der Waals surface area contributed by atoms with E-state index in [1.807, 2.05) is 35.0 Å². The Morgan fingerprint density at radius 1 is 0.917 bits per heavy atom. The molecule has 0 amide bonds. The number of pyridine rings is 1. The zero-order valence-electron chi connectivity index (χ0n) is 13.5. The number of rotatable bonds is 4. The number of hydrogen-bond acceptors (Lipinski definition) is 3. The lowest BCUT2D eigenvalue weighted by Gasteiger charge is -2.12. The van der Waals surface area contributed by atoms with E-state index < -0.39 is 0 Å². The Labute approximate surface area is 140 Å². The van der Waals surface area contributed by atoms with Crippen LogP contribution in [0.5, 0.6) is 0 Å². The molecule has 0 fully saturated rings. The summed E-state index contributed by atoms with van der Waals surface area (Å²) in [5.74, 6) is 0.872. The summed E-state index contributed by atoms with van der Waals surface area (Å²) in [4.78, 5) is 9.08. The van der Waals surface area contributed by atoms with Crippen LogP contribution in [0.4, 0.5) is 0 Å². The van der Waals surface area contributed by atoms with Gasteiger partial charge in [0.1, 0.15) is 5.52 Å². The number of benzene rings is 2. The number of aromatic nitrogens is 3. The second-order valence-corrected chi connectivity index (χ2v) is 5.80. The summed E-state index contributed by atoms with van der Waals surface area (Å²) < 4.78 is 2.03. The first-order valence-electron chi connectivity index (χ1n) is 7.99. The molecule has 0 unspecified atom stereocenters. The number of imidazole rings is 1. The first-order valence-corrected chi connectivity index (χ1v) is 7.99. The molecule has 0 atom stereocenters. The molecule has 0 aliphatic carbocycles. The van der Waals surface area contributed by atoms with Gasteiger partial charge < -0.3 is 5.43 Å². The van der Waals surface area contributed by atoms with Crippen LogP contribution in [-0.2, 0) is 6.54 Å². The van der Waals surface area contributed by atoms with Crippen LogP contribution >= 0.6 is 0 Å². The van der Waals surface area contributed by atoms with E-state index in [0.717, 1.165) is 29.1 Å². The van der Waals surface area contributed by atoms with Crippen molar-refractivity contribution in [3.8, 4) is 11.4 Å². The van der Waals surface area contributed by atoms with Gasteiger partial charge in [0.25, 0.3) is 0 Å². The highest BCUT2D eigenvalue weighted by Gasteiger charge is 2.12. The quantitative estimate of drug-likeness (QED) is 0.615. The fourth-order valence-corrected chi connectivity index (χ4v) is 2.73. The second-order valence-electron chi connectivity index (χ2n) is 5.80. The van der Waals surface area contributed by atoms with E-state index in [4.69, 9.17) is 4.98 Å². The van der Waals surface area contributed by atoms with Crippen LogP contribution in [0.15, 0.2) is 72.9 Å². The van der Waals surface area contributed by atoms with Crippen molar-refractivity contribution >= 4 is 11.2 Å². The third kappa shape index (κ3) is 2.74. The molecule has 4 aromatic rings. The van der Waals surface area contributed by atoms with Gasteiger partial charge in [0.2, 0.25) is 0 Å². The molecule has 4 heteroatoms. The molecule has 118 valence electrons. The van der Waals surface area contributed by atoms with E-state index in [1.54, 1.807) is 6.20 Å². The van der Waals surface area contributed by atoms with Crippen LogP contribution in [0, 0.1) is 6.92 Å². The zero-order valence-corrected chi connectivity index (χ0v) is 13.5. The normalized spacial score (nSPS) is 10.9. The molecule has 1 N–H and O–H groups in total. The average molecular weight is 314 g/mol. The molecule has 2 heterocycles. The smallest absolute Gasteiger partial charge is 0.180 e. The second kappa shape index (κ2) is 6.16. The first kappa shape index (κ1) is 14.5. The maximum atomic E-state index is 4.70. The predicted molar refractivity (Wildman–Crippen MR) is 97.2 cm³/mol. The van der Waals surface area contributed by atoms with Crippen molar-refractivity contribution in [1.29, 1.82) is 0 Å². The molecule has 0 aliphatic rings. The van der Waals surface area contributed by atoms with Gasteiger partial charge in [-0.2, -0.15) is 0 Å². The molecule has 24 heavy (non-hydrogen) atoms. The number of aryl methyl sites for hydroxylation is 1. The summed E-state index contributed by atoms with van der Waals surface area (Å²) in [5, 5.41) is 0. The van der Waals surface area contributed by atoms with Gasteiger partial charge in [0, 0.05) is 11.8 Å². The molecule has 0 radical (unpaired) electrons. The lowest BCUT2D eigenvalue weighted by atomic mass is 10.1. The van der Waals surface area contributed by atoms with Gasteiger partial charge in [-0.25, -0.2) is 14.6 Å². The Balaban J connectivity index is 1.74. The molecule has 2 aromatic carbocycles. The molecule has 0 saturated heterocycles. The van der Waals surface area contributed by atoms with Gasteiger partial charge in [0.15, 0.2) is 11.5 Å². The van der Waals surface area contributed by atoms with Crippen LogP contribution in [0.3, 0.4) is 0 Å². The highest BCUT2D eigenvalue weighted by molar-refractivity contribution is 5.77. The summed E-state index contributed by atoms with van der Waals surface area (Å²) in [6.07, 6.45) is 1.77. The minimum Gasteiger partial charge on any atom is -0.319 e. The summed E-state index contributed by atoms with van der Waals surface area (Å²) in [5.41, 5.74) is 8.76. The Morgan fingerprint density at radius 2 is 1.71 bits per heavy atom. The van der Waals surface area contributed by atoms with Crippen molar-refractivity contribution in [2.24, 2.45) is 0 Å². The number of fused-ring (bicyclic) bond motifs is 1. The van der Waals surface area contributed by atoms with Crippen molar-refractivity contribution in [1.82, 2.24) is 14.6 Å². The van der Waals surface area contributed by atoms with Crippen LogP contribution in [0.1, 0.15) is 11.1 Å². The zero-order chi connectivity index (χ0) is 16.4.